The Kier molecular flexibility index (Phi) is 6.49. The highest BCUT2D eigenvalue weighted by Gasteiger charge is 1.98. The van der Waals surface area contributed by atoms with Gasteiger partial charge < -0.3 is 4.74 Å². The van der Waals surface area contributed by atoms with Crippen LogP contribution in [-0.4, -0.2) is 6.61 Å². The number of hydrogen-bond donors (Lipinski definition) is 0. The van der Waals surface area contributed by atoms with E-state index in [-0.39, 0.29) is 0 Å². The number of rotatable bonds is 8. The van der Waals surface area contributed by atoms with Gasteiger partial charge in [-0.1, -0.05) is 39.0 Å². The second kappa shape index (κ2) is 7.75. The Morgan fingerprint density at radius 3 is 2.47 bits per heavy atom. The lowest BCUT2D eigenvalue weighted by atomic mass is 10.1. The van der Waals surface area contributed by atoms with E-state index in [1.54, 1.807) is 11.3 Å². The van der Waals surface area contributed by atoms with Crippen LogP contribution in [0.5, 0.6) is 5.75 Å². The SMILES string of the molecule is CCCCCCCCOc1cscc1C. The quantitative estimate of drug-likeness (QED) is 0.579. The molecule has 0 N–H and O–H groups in total. The fourth-order valence-corrected chi connectivity index (χ4v) is 2.33. The highest BCUT2D eigenvalue weighted by atomic mass is 32.1. The maximum atomic E-state index is 5.69. The Morgan fingerprint density at radius 1 is 1.07 bits per heavy atom. The maximum absolute atomic E-state index is 5.69. The van der Waals surface area contributed by atoms with E-state index in [0.29, 0.717) is 0 Å². The Balaban J connectivity index is 1.96. The number of aryl methyl sites for hydroxylation is 1. The average Bonchev–Trinajstić information content (AvgIpc) is 2.63. The van der Waals surface area contributed by atoms with Crippen molar-refractivity contribution in [2.75, 3.05) is 6.61 Å². The summed E-state index contributed by atoms with van der Waals surface area (Å²) < 4.78 is 5.69. The lowest BCUT2D eigenvalue weighted by Crippen LogP contribution is -1.97. The molecule has 0 spiro atoms. The summed E-state index contributed by atoms with van der Waals surface area (Å²) >= 11 is 1.72. The standard InChI is InChI=1S/C13H22OS/c1-3-4-5-6-7-8-9-14-13-11-15-10-12(13)2/h10-11H,3-9H2,1-2H3. The van der Waals surface area contributed by atoms with Gasteiger partial charge in [0.05, 0.1) is 6.61 Å². The van der Waals surface area contributed by atoms with Crippen LogP contribution in [0.15, 0.2) is 10.8 Å². The fraction of sp³-hybridized carbons (Fsp3) is 0.692. The molecule has 86 valence electrons. The first-order chi connectivity index (χ1) is 7.34. The molecule has 0 aliphatic carbocycles. The van der Waals surface area contributed by atoms with Gasteiger partial charge in [-0.2, -0.15) is 0 Å². The van der Waals surface area contributed by atoms with Crippen LogP contribution >= 0.6 is 11.3 Å². The van der Waals surface area contributed by atoms with Crippen LogP contribution < -0.4 is 4.74 Å². The van der Waals surface area contributed by atoms with E-state index in [1.807, 2.05) is 0 Å². The molecule has 0 atom stereocenters. The van der Waals surface area contributed by atoms with Crippen molar-refractivity contribution in [2.45, 2.75) is 52.4 Å². The van der Waals surface area contributed by atoms with Gasteiger partial charge in [-0.3, -0.25) is 0 Å². The van der Waals surface area contributed by atoms with E-state index in [4.69, 9.17) is 4.74 Å². The second-order valence-corrected chi connectivity index (χ2v) is 4.78. The average molecular weight is 226 g/mol. The number of unbranched alkanes of at least 4 members (excludes halogenated alkanes) is 5. The van der Waals surface area contributed by atoms with Crippen molar-refractivity contribution in [1.29, 1.82) is 0 Å². The molecule has 0 unspecified atom stereocenters. The van der Waals surface area contributed by atoms with E-state index in [2.05, 4.69) is 24.6 Å². The predicted molar refractivity (Wildman–Crippen MR) is 67.9 cm³/mol. The molecule has 0 saturated carbocycles. The lowest BCUT2D eigenvalue weighted by molar-refractivity contribution is 0.304. The van der Waals surface area contributed by atoms with E-state index in [0.717, 1.165) is 12.4 Å². The topological polar surface area (TPSA) is 9.23 Å². The summed E-state index contributed by atoms with van der Waals surface area (Å²) in [4.78, 5) is 0. The van der Waals surface area contributed by atoms with Crippen LogP contribution in [0.3, 0.4) is 0 Å². The maximum Gasteiger partial charge on any atom is 0.132 e. The van der Waals surface area contributed by atoms with E-state index < -0.39 is 0 Å². The summed E-state index contributed by atoms with van der Waals surface area (Å²) in [7, 11) is 0. The molecule has 0 saturated heterocycles. The molecule has 0 radical (unpaired) electrons. The molecule has 0 bridgehead atoms. The molecule has 0 amide bonds. The molecule has 0 aliphatic heterocycles. The zero-order valence-corrected chi connectivity index (χ0v) is 10.7. The number of ether oxygens (including phenoxy) is 1. The summed E-state index contributed by atoms with van der Waals surface area (Å²) in [6.45, 7) is 5.24. The predicted octanol–water partition coefficient (Wildman–Crippen LogP) is 4.80. The Labute approximate surface area is 97.5 Å². The molecule has 1 heterocycles. The summed E-state index contributed by atoms with van der Waals surface area (Å²) in [6, 6.07) is 0. The van der Waals surface area contributed by atoms with E-state index in [1.165, 1.54) is 44.1 Å². The molecule has 1 aromatic heterocycles. The smallest absolute Gasteiger partial charge is 0.132 e. The lowest BCUT2D eigenvalue weighted by Gasteiger charge is -2.05. The third-order valence-electron chi connectivity index (χ3n) is 2.56. The molecule has 1 nitrogen and oxygen atoms in total. The molecule has 1 rings (SSSR count). The van der Waals surface area contributed by atoms with Crippen LogP contribution in [0.25, 0.3) is 0 Å². The van der Waals surface area contributed by atoms with Crippen molar-refractivity contribution in [1.82, 2.24) is 0 Å². The van der Waals surface area contributed by atoms with Crippen molar-refractivity contribution >= 4 is 11.3 Å². The molecule has 0 aromatic carbocycles. The van der Waals surface area contributed by atoms with Gasteiger partial charge in [-0.15, -0.1) is 11.3 Å². The zero-order valence-electron chi connectivity index (χ0n) is 9.92. The van der Waals surface area contributed by atoms with Gasteiger partial charge in [0.2, 0.25) is 0 Å². The summed E-state index contributed by atoms with van der Waals surface area (Å²) in [5.74, 6) is 1.08. The van der Waals surface area contributed by atoms with Crippen molar-refractivity contribution in [3.8, 4) is 5.75 Å². The van der Waals surface area contributed by atoms with Gasteiger partial charge in [0.25, 0.3) is 0 Å². The van der Waals surface area contributed by atoms with Gasteiger partial charge in [-0.05, 0) is 18.7 Å². The van der Waals surface area contributed by atoms with E-state index >= 15 is 0 Å². The van der Waals surface area contributed by atoms with Crippen LogP contribution in [-0.2, 0) is 0 Å². The first-order valence-corrected chi connectivity index (χ1v) is 6.94. The first-order valence-electron chi connectivity index (χ1n) is 6.00. The van der Waals surface area contributed by atoms with Crippen LogP contribution in [0.1, 0.15) is 51.0 Å². The summed E-state index contributed by atoms with van der Waals surface area (Å²) in [5.41, 5.74) is 1.27. The molecule has 15 heavy (non-hydrogen) atoms. The largest absolute Gasteiger partial charge is 0.492 e. The molecule has 1 aromatic rings. The fourth-order valence-electron chi connectivity index (χ4n) is 1.56. The van der Waals surface area contributed by atoms with Crippen molar-refractivity contribution in [2.24, 2.45) is 0 Å². The summed E-state index contributed by atoms with van der Waals surface area (Å²) in [5, 5.41) is 4.23. The summed E-state index contributed by atoms with van der Waals surface area (Å²) in [6.07, 6.45) is 7.95. The Morgan fingerprint density at radius 2 is 1.80 bits per heavy atom. The Hall–Kier alpha value is -0.500. The van der Waals surface area contributed by atoms with Gasteiger partial charge in [-0.25, -0.2) is 0 Å². The highest BCUT2D eigenvalue weighted by molar-refractivity contribution is 7.08. The van der Waals surface area contributed by atoms with Gasteiger partial charge in [0, 0.05) is 10.9 Å². The Bertz CT molecular complexity index is 255. The minimum absolute atomic E-state index is 0.879. The third-order valence-corrected chi connectivity index (χ3v) is 3.40. The van der Waals surface area contributed by atoms with Crippen LogP contribution in [0.2, 0.25) is 0 Å². The monoisotopic (exact) mass is 226 g/mol. The molecular formula is C13H22OS. The third kappa shape index (κ3) is 5.22. The van der Waals surface area contributed by atoms with E-state index in [9.17, 15) is 0 Å². The minimum atomic E-state index is 0.879. The van der Waals surface area contributed by atoms with Crippen LogP contribution in [0, 0.1) is 6.92 Å². The van der Waals surface area contributed by atoms with Crippen molar-refractivity contribution in [3.05, 3.63) is 16.3 Å². The number of hydrogen-bond acceptors (Lipinski definition) is 2. The van der Waals surface area contributed by atoms with Gasteiger partial charge in [0.1, 0.15) is 5.75 Å². The molecule has 0 aliphatic rings. The van der Waals surface area contributed by atoms with Gasteiger partial charge in [0.15, 0.2) is 0 Å². The zero-order chi connectivity index (χ0) is 10.9. The van der Waals surface area contributed by atoms with Crippen molar-refractivity contribution < 1.29 is 4.74 Å². The first kappa shape index (κ1) is 12.6. The molecule has 0 fully saturated rings. The number of thiophene rings is 1. The minimum Gasteiger partial charge on any atom is -0.492 e. The molecule has 2 heteroatoms. The molecular weight excluding hydrogens is 204 g/mol. The second-order valence-electron chi connectivity index (χ2n) is 4.04. The highest BCUT2D eigenvalue weighted by Crippen LogP contribution is 2.22. The van der Waals surface area contributed by atoms with Gasteiger partial charge >= 0.3 is 0 Å². The van der Waals surface area contributed by atoms with Crippen LogP contribution in [0.4, 0.5) is 0 Å². The van der Waals surface area contributed by atoms with Crippen molar-refractivity contribution in [3.63, 3.8) is 0 Å². The normalized spacial score (nSPS) is 10.5.